The van der Waals surface area contributed by atoms with Crippen molar-refractivity contribution in [2.75, 3.05) is 0 Å². The van der Waals surface area contributed by atoms with E-state index in [2.05, 4.69) is 0 Å². The van der Waals surface area contributed by atoms with E-state index >= 15 is 0 Å². The molecule has 0 unspecified atom stereocenters. The van der Waals surface area contributed by atoms with E-state index in [0.29, 0.717) is 5.82 Å². The first-order chi connectivity index (χ1) is 3.56. The standard InChI is InChI=1S/C3H4FO3P/c4-2-1-3-8(5,6)7/h2-3H,(H2,5,6,7). The first-order valence-corrected chi connectivity index (χ1v) is 3.32. The van der Waals surface area contributed by atoms with E-state index in [4.69, 9.17) is 9.79 Å². The zero-order valence-electron chi connectivity index (χ0n) is 3.78. The summed E-state index contributed by atoms with van der Waals surface area (Å²) >= 11 is 0. The van der Waals surface area contributed by atoms with Crippen molar-refractivity contribution in [2.24, 2.45) is 0 Å². The van der Waals surface area contributed by atoms with E-state index in [-0.39, 0.29) is 6.33 Å². The van der Waals surface area contributed by atoms with Crippen LogP contribution in [0.1, 0.15) is 0 Å². The van der Waals surface area contributed by atoms with Crippen LogP contribution >= 0.6 is 7.60 Å². The van der Waals surface area contributed by atoms with Crippen molar-refractivity contribution in [3.63, 3.8) is 0 Å². The zero-order valence-corrected chi connectivity index (χ0v) is 4.68. The summed E-state index contributed by atoms with van der Waals surface area (Å²) < 4.78 is 20.7. The van der Waals surface area contributed by atoms with Crippen molar-refractivity contribution >= 4 is 7.60 Å². The van der Waals surface area contributed by atoms with Gasteiger partial charge in [-0.3, -0.25) is 4.57 Å². The van der Waals surface area contributed by atoms with Crippen LogP contribution in [0.4, 0.5) is 4.39 Å². The molecule has 0 aromatic rings. The Kier molecular flexibility index (Phi) is 2.66. The molecule has 0 amide bonds. The smallest absolute Gasteiger partial charge is 0.321 e. The molecule has 0 aromatic heterocycles. The van der Waals surface area contributed by atoms with Crippen molar-refractivity contribution in [1.82, 2.24) is 0 Å². The predicted octanol–water partition coefficient (Wildman–Crippen LogP) is 0.760. The first kappa shape index (κ1) is 7.60. The minimum atomic E-state index is -4.19. The lowest BCUT2D eigenvalue weighted by atomic mass is 11.0. The second-order valence-electron chi connectivity index (χ2n) is 0.994. The topological polar surface area (TPSA) is 57.5 Å². The molecule has 0 atom stereocenters. The van der Waals surface area contributed by atoms with Crippen molar-refractivity contribution in [1.29, 1.82) is 0 Å². The van der Waals surface area contributed by atoms with Gasteiger partial charge in [-0.25, -0.2) is 4.39 Å². The normalized spacial score (nSPS) is 9.88. The molecule has 0 saturated carbocycles. The van der Waals surface area contributed by atoms with Gasteiger partial charge in [0.25, 0.3) is 0 Å². The van der Waals surface area contributed by atoms with Gasteiger partial charge in [-0.05, 0) is 0 Å². The average molecular weight is 138 g/mol. The Morgan fingerprint density at radius 1 is 1.62 bits per heavy atom. The largest absolute Gasteiger partial charge is 0.356 e. The van der Waals surface area contributed by atoms with Gasteiger partial charge in [0.1, 0.15) is 6.33 Å². The van der Waals surface area contributed by atoms with Crippen molar-refractivity contribution in [2.45, 2.75) is 0 Å². The number of halogens is 1. The van der Waals surface area contributed by atoms with Crippen LogP contribution in [0.15, 0.2) is 17.9 Å². The van der Waals surface area contributed by atoms with Crippen LogP contribution in [0, 0.1) is 0 Å². The van der Waals surface area contributed by atoms with Gasteiger partial charge in [-0.2, -0.15) is 0 Å². The highest BCUT2D eigenvalue weighted by atomic mass is 31.2. The molecule has 0 heterocycles. The Balaban J connectivity index is 4.12. The van der Waals surface area contributed by atoms with Crippen molar-refractivity contribution in [3.8, 4) is 0 Å². The molecule has 5 heteroatoms. The highest BCUT2D eigenvalue weighted by Gasteiger charge is 2.03. The van der Waals surface area contributed by atoms with Gasteiger partial charge in [0.15, 0.2) is 0 Å². The molecule has 0 aliphatic rings. The summed E-state index contributed by atoms with van der Waals surface area (Å²) in [6.45, 7) is 0. The minimum absolute atomic E-state index is 0.0703. The van der Waals surface area contributed by atoms with Crippen LogP contribution in [-0.4, -0.2) is 9.79 Å². The van der Waals surface area contributed by atoms with E-state index in [1.807, 2.05) is 0 Å². The summed E-state index contributed by atoms with van der Waals surface area (Å²) in [5, 5.41) is 0. The van der Waals surface area contributed by atoms with Crippen LogP contribution in [0.3, 0.4) is 0 Å². The molecule has 0 fully saturated rings. The van der Waals surface area contributed by atoms with Gasteiger partial charge >= 0.3 is 7.60 Å². The molecule has 0 spiro atoms. The van der Waals surface area contributed by atoms with Gasteiger partial charge in [0.2, 0.25) is 0 Å². The van der Waals surface area contributed by atoms with E-state index in [9.17, 15) is 8.96 Å². The number of rotatable bonds is 1. The quantitative estimate of drug-likeness (QED) is 0.415. The summed E-state index contributed by atoms with van der Waals surface area (Å²) in [6, 6.07) is 0. The monoisotopic (exact) mass is 138 g/mol. The zero-order chi connectivity index (χ0) is 6.62. The third-order valence-electron chi connectivity index (χ3n) is 0.306. The maximum absolute atomic E-state index is 10.9. The highest BCUT2D eigenvalue weighted by Crippen LogP contribution is 2.35. The van der Waals surface area contributed by atoms with Crippen molar-refractivity contribution < 1.29 is 18.7 Å². The van der Waals surface area contributed by atoms with Gasteiger partial charge in [0, 0.05) is 0 Å². The lowest BCUT2D eigenvalue weighted by molar-refractivity contribution is 0.386. The minimum Gasteiger partial charge on any atom is -0.321 e. The van der Waals surface area contributed by atoms with E-state index < -0.39 is 7.60 Å². The lowest BCUT2D eigenvalue weighted by Gasteiger charge is -1.87. The Bertz CT molecular complexity index is 163. The van der Waals surface area contributed by atoms with Crippen LogP contribution in [0.5, 0.6) is 0 Å². The predicted molar refractivity (Wildman–Crippen MR) is 25.8 cm³/mol. The number of hydrogen-bond acceptors (Lipinski definition) is 1. The van der Waals surface area contributed by atoms with Gasteiger partial charge in [0.05, 0.1) is 5.82 Å². The Hall–Kier alpha value is -0.400. The van der Waals surface area contributed by atoms with Gasteiger partial charge in [-0.1, -0.05) is 5.73 Å². The molecule has 8 heavy (non-hydrogen) atoms. The van der Waals surface area contributed by atoms with E-state index in [0.717, 1.165) is 0 Å². The summed E-state index contributed by atoms with van der Waals surface area (Å²) in [7, 11) is -4.19. The molecule has 2 N–H and O–H groups in total. The van der Waals surface area contributed by atoms with Crippen LogP contribution in [0.25, 0.3) is 0 Å². The Morgan fingerprint density at radius 3 is 2.25 bits per heavy atom. The van der Waals surface area contributed by atoms with Gasteiger partial charge < -0.3 is 9.79 Å². The fraction of sp³-hybridized carbons (Fsp3) is 0. The Labute approximate surface area is 45.3 Å². The molecule has 0 aliphatic carbocycles. The molecular formula is C3H4FO3P. The highest BCUT2D eigenvalue weighted by molar-refractivity contribution is 7.55. The summed E-state index contributed by atoms with van der Waals surface area (Å²) in [4.78, 5) is 15.9. The molecular weight excluding hydrogens is 134 g/mol. The third kappa shape index (κ3) is 5.60. The van der Waals surface area contributed by atoms with Crippen LogP contribution in [0.2, 0.25) is 0 Å². The summed E-state index contributed by atoms with van der Waals surface area (Å²) in [5.74, 6) is 0.354. The van der Waals surface area contributed by atoms with Crippen molar-refractivity contribution in [3.05, 3.63) is 17.9 Å². The van der Waals surface area contributed by atoms with Crippen LogP contribution < -0.4 is 0 Å². The molecule has 3 nitrogen and oxygen atoms in total. The molecule has 0 rings (SSSR count). The second kappa shape index (κ2) is 2.80. The molecule has 0 saturated heterocycles. The second-order valence-corrected chi connectivity index (χ2v) is 2.43. The average Bonchev–Trinajstić information content (AvgIpc) is 1.59. The van der Waals surface area contributed by atoms with Gasteiger partial charge in [-0.15, -0.1) is 0 Å². The molecule has 0 aromatic carbocycles. The molecule has 0 aliphatic heterocycles. The number of hydrogen-bond donors (Lipinski definition) is 2. The molecule has 0 radical (unpaired) electrons. The van der Waals surface area contributed by atoms with Crippen LogP contribution in [-0.2, 0) is 4.57 Å². The van der Waals surface area contributed by atoms with E-state index in [1.54, 1.807) is 5.73 Å². The fourth-order valence-electron chi connectivity index (χ4n) is 0.125. The first-order valence-electron chi connectivity index (χ1n) is 1.64. The molecule has 0 bridgehead atoms. The maximum Gasteiger partial charge on any atom is 0.356 e. The fourth-order valence-corrected chi connectivity index (χ4v) is 0.376. The SMILES string of the molecule is O=P(O)(O)C=C=CF. The molecule has 46 valence electrons. The maximum atomic E-state index is 10.9. The summed E-state index contributed by atoms with van der Waals surface area (Å²) in [6.07, 6.45) is -0.0703. The summed E-state index contributed by atoms with van der Waals surface area (Å²) in [5.41, 5.74) is 1.61. The lowest BCUT2D eigenvalue weighted by Crippen LogP contribution is -1.64. The van der Waals surface area contributed by atoms with E-state index in [1.165, 1.54) is 0 Å². The Morgan fingerprint density at radius 2 is 2.12 bits per heavy atom. The third-order valence-corrected chi connectivity index (χ3v) is 0.791.